The molecule has 8 heteroatoms. The Morgan fingerprint density at radius 3 is 2.40 bits per heavy atom. The van der Waals surface area contributed by atoms with E-state index >= 15 is 0 Å². The van der Waals surface area contributed by atoms with Gasteiger partial charge in [0, 0.05) is 43.4 Å². The lowest BCUT2D eigenvalue weighted by molar-refractivity contribution is 0.271. The summed E-state index contributed by atoms with van der Waals surface area (Å²) in [6.07, 6.45) is 1.73. The molecule has 0 atom stereocenters. The Labute approximate surface area is 161 Å². The maximum absolute atomic E-state index is 12.4. The third kappa shape index (κ3) is 4.73. The quantitative estimate of drug-likeness (QED) is 0.709. The number of pyridine rings is 1. The highest BCUT2D eigenvalue weighted by Gasteiger charge is 2.22. The first-order valence-corrected chi connectivity index (χ1v) is 10.8. The van der Waals surface area contributed by atoms with Gasteiger partial charge in [-0.2, -0.15) is 0 Å². The average molecular weight is 445 g/mol. The smallest absolute Gasteiger partial charge is 0.179 e. The normalized spacial score (nSPS) is 16.2. The van der Waals surface area contributed by atoms with Gasteiger partial charge in [-0.3, -0.25) is 4.90 Å². The number of sulfone groups is 1. The van der Waals surface area contributed by atoms with E-state index in [2.05, 4.69) is 30.7 Å². The summed E-state index contributed by atoms with van der Waals surface area (Å²) >= 11 is 9.51. The Balaban J connectivity index is 1.54. The van der Waals surface area contributed by atoms with E-state index in [1.165, 1.54) is 0 Å². The number of rotatable bonds is 5. The van der Waals surface area contributed by atoms with Gasteiger partial charge in [-0.05, 0) is 36.4 Å². The van der Waals surface area contributed by atoms with Crippen LogP contribution in [-0.4, -0.2) is 56.8 Å². The van der Waals surface area contributed by atoms with Gasteiger partial charge >= 0.3 is 0 Å². The highest BCUT2D eigenvalue weighted by molar-refractivity contribution is 9.10. The van der Waals surface area contributed by atoms with Gasteiger partial charge < -0.3 is 4.90 Å². The second-order valence-electron chi connectivity index (χ2n) is 5.91. The predicted molar refractivity (Wildman–Crippen MR) is 104 cm³/mol. The summed E-state index contributed by atoms with van der Waals surface area (Å²) in [6, 6.07) is 10.4. The van der Waals surface area contributed by atoms with E-state index in [1.807, 2.05) is 12.1 Å². The molecule has 3 rings (SSSR count). The van der Waals surface area contributed by atoms with Crippen LogP contribution in [0.4, 0.5) is 5.82 Å². The zero-order valence-corrected chi connectivity index (χ0v) is 16.8. The van der Waals surface area contributed by atoms with Crippen molar-refractivity contribution in [2.45, 2.75) is 4.90 Å². The van der Waals surface area contributed by atoms with Gasteiger partial charge in [0.15, 0.2) is 9.84 Å². The van der Waals surface area contributed by atoms with Crippen molar-refractivity contribution in [1.82, 2.24) is 9.88 Å². The molecule has 1 aliphatic heterocycles. The summed E-state index contributed by atoms with van der Waals surface area (Å²) in [4.78, 5) is 9.02. The first-order chi connectivity index (χ1) is 12.0. The third-order valence-corrected chi connectivity index (χ3v) is 6.79. The minimum absolute atomic E-state index is 0.124. The lowest BCUT2D eigenvalue weighted by Gasteiger charge is -2.35. The van der Waals surface area contributed by atoms with Gasteiger partial charge in [0.1, 0.15) is 5.82 Å². The van der Waals surface area contributed by atoms with Crippen molar-refractivity contribution in [2.24, 2.45) is 0 Å². The molecular formula is C17H19BrClN3O2S. The summed E-state index contributed by atoms with van der Waals surface area (Å²) in [7, 11) is -3.26. The topological polar surface area (TPSA) is 53.5 Å². The molecular weight excluding hydrogens is 426 g/mol. The van der Waals surface area contributed by atoms with Crippen LogP contribution in [0.2, 0.25) is 5.02 Å². The lowest BCUT2D eigenvalue weighted by atomic mass is 10.3. The number of piperazine rings is 1. The highest BCUT2D eigenvalue weighted by Crippen LogP contribution is 2.23. The van der Waals surface area contributed by atoms with Crippen molar-refractivity contribution in [1.29, 1.82) is 0 Å². The molecule has 0 N–H and O–H groups in total. The zero-order valence-electron chi connectivity index (χ0n) is 13.6. The van der Waals surface area contributed by atoms with E-state index < -0.39 is 9.84 Å². The van der Waals surface area contributed by atoms with Crippen LogP contribution in [0.5, 0.6) is 0 Å². The minimum Gasteiger partial charge on any atom is -0.353 e. The summed E-state index contributed by atoms with van der Waals surface area (Å²) < 4.78 is 25.7. The van der Waals surface area contributed by atoms with Gasteiger partial charge in [0.25, 0.3) is 0 Å². The lowest BCUT2D eigenvalue weighted by Crippen LogP contribution is -2.48. The standard InChI is InChI=1S/C17H19BrClN3O2S/c18-14-3-5-15(6-4-14)25(23,24)13-12-21-8-10-22(11-9-21)17-16(19)2-1-7-20-17/h1-7H,8-13H2. The number of benzene rings is 1. The number of hydrogen-bond donors (Lipinski definition) is 0. The van der Waals surface area contributed by atoms with Gasteiger partial charge in [0.2, 0.25) is 0 Å². The van der Waals surface area contributed by atoms with E-state index in [9.17, 15) is 8.42 Å². The van der Waals surface area contributed by atoms with E-state index in [0.717, 1.165) is 36.5 Å². The molecule has 5 nitrogen and oxygen atoms in total. The second kappa shape index (κ2) is 8.03. The van der Waals surface area contributed by atoms with Crippen LogP contribution in [0.1, 0.15) is 0 Å². The van der Waals surface area contributed by atoms with Crippen LogP contribution < -0.4 is 4.90 Å². The molecule has 1 aliphatic rings. The number of nitrogens with zero attached hydrogens (tertiary/aromatic N) is 3. The monoisotopic (exact) mass is 443 g/mol. The molecule has 1 saturated heterocycles. The fraction of sp³-hybridized carbons (Fsp3) is 0.353. The van der Waals surface area contributed by atoms with Crippen molar-refractivity contribution in [2.75, 3.05) is 43.4 Å². The molecule has 1 fully saturated rings. The Kier molecular flexibility index (Phi) is 5.99. The SMILES string of the molecule is O=S(=O)(CCN1CCN(c2ncccc2Cl)CC1)c1ccc(Br)cc1. The molecule has 134 valence electrons. The maximum atomic E-state index is 12.4. The fourth-order valence-electron chi connectivity index (χ4n) is 2.80. The Bertz CT molecular complexity index is 822. The summed E-state index contributed by atoms with van der Waals surface area (Å²) in [5.74, 6) is 0.921. The number of hydrogen-bond acceptors (Lipinski definition) is 5. The Morgan fingerprint density at radius 2 is 1.76 bits per heavy atom. The molecule has 0 saturated carbocycles. The van der Waals surface area contributed by atoms with Crippen LogP contribution in [0, 0.1) is 0 Å². The minimum atomic E-state index is -3.26. The molecule has 25 heavy (non-hydrogen) atoms. The number of anilines is 1. The molecule has 2 heterocycles. The molecule has 0 bridgehead atoms. The van der Waals surface area contributed by atoms with Gasteiger partial charge in [-0.15, -0.1) is 0 Å². The van der Waals surface area contributed by atoms with E-state index in [0.29, 0.717) is 16.5 Å². The molecule has 0 spiro atoms. The first-order valence-electron chi connectivity index (χ1n) is 8.02. The van der Waals surface area contributed by atoms with Crippen LogP contribution in [0.3, 0.4) is 0 Å². The molecule has 0 aliphatic carbocycles. The van der Waals surface area contributed by atoms with Crippen molar-refractivity contribution >= 4 is 43.2 Å². The van der Waals surface area contributed by atoms with Crippen molar-refractivity contribution < 1.29 is 8.42 Å². The largest absolute Gasteiger partial charge is 0.353 e. The van der Waals surface area contributed by atoms with Crippen LogP contribution in [0.15, 0.2) is 52.0 Å². The van der Waals surface area contributed by atoms with E-state index in [-0.39, 0.29) is 5.75 Å². The van der Waals surface area contributed by atoms with E-state index in [4.69, 9.17) is 11.6 Å². The van der Waals surface area contributed by atoms with Crippen LogP contribution in [-0.2, 0) is 9.84 Å². The second-order valence-corrected chi connectivity index (χ2v) is 9.34. The molecule has 0 radical (unpaired) electrons. The van der Waals surface area contributed by atoms with Crippen LogP contribution >= 0.6 is 27.5 Å². The Morgan fingerprint density at radius 1 is 1.08 bits per heavy atom. The summed E-state index contributed by atoms with van der Waals surface area (Å²) in [5, 5.41) is 0.647. The van der Waals surface area contributed by atoms with E-state index in [1.54, 1.807) is 30.5 Å². The molecule has 0 amide bonds. The summed E-state index contributed by atoms with van der Waals surface area (Å²) in [6.45, 7) is 3.69. The zero-order chi connectivity index (χ0) is 17.9. The maximum Gasteiger partial charge on any atom is 0.179 e. The van der Waals surface area contributed by atoms with Gasteiger partial charge in [0.05, 0.1) is 15.7 Å². The fourth-order valence-corrected chi connectivity index (χ4v) is 4.59. The van der Waals surface area contributed by atoms with Gasteiger partial charge in [-0.25, -0.2) is 13.4 Å². The molecule has 2 aromatic rings. The third-order valence-electron chi connectivity index (χ3n) is 4.26. The van der Waals surface area contributed by atoms with Crippen molar-refractivity contribution in [3.05, 3.63) is 52.1 Å². The number of halogens is 2. The number of aromatic nitrogens is 1. The molecule has 0 unspecified atom stereocenters. The first kappa shape index (κ1) is 18.6. The molecule has 1 aromatic heterocycles. The summed E-state index contributed by atoms with van der Waals surface area (Å²) in [5.41, 5.74) is 0. The highest BCUT2D eigenvalue weighted by atomic mass is 79.9. The van der Waals surface area contributed by atoms with Crippen LogP contribution in [0.25, 0.3) is 0 Å². The Hall–Kier alpha value is -1.15. The van der Waals surface area contributed by atoms with Gasteiger partial charge in [-0.1, -0.05) is 27.5 Å². The van der Waals surface area contributed by atoms with Crippen molar-refractivity contribution in [3.8, 4) is 0 Å². The average Bonchev–Trinajstić information content (AvgIpc) is 2.61. The van der Waals surface area contributed by atoms with Crippen molar-refractivity contribution in [3.63, 3.8) is 0 Å². The predicted octanol–water partition coefficient (Wildman–Crippen LogP) is 3.09. The molecule has 1 aromatic carbocycles.